The molecule has 1 aliphatic carbocycles. The monoisotopic (exact) mass is 446 g/mol. The van der Waals surface area contributed by atoms with Crippen molar-refractivity contribution >= 4 is 29.2 Å². The van der Waals surface area contributed by atoms with Crippen molar-refractivity contribution < 1.29 is 9.53 Å². The topological polar surface area (TPSA) is 51.2 Å². The molecule has 1 aromatic carbocycles. The second-order valence-corrected chi connectivity index (χ2v) is 12.1. The fourth-order valence-electron chi connectivity index (χ4n) is 3.74. The molecule has 0 aliphatic heterocycles. The Morgan fingerprint density at radius 3 is 2.57 bits per heavy atom. The van der Waals surface area contributed by atoms with Crippen molar-refractivity contribution in [2.45, 2.75) is 94.9 Å². The van der Waals surface area contributed by atoms with Gasteiger partial charge in [0.2, 0.25) is 0 Å². The Bertz CT molecular complexity index is 862. The lowest BCUT2D eigenvalue weighted by molar-refractivity contribution is 0.0491. The number of aryl methyl sites for hydroxylation is 1. The van der Waals surface area contributed by atoms with Crippen LogP contribution in [0.1, 0.15) is 76.8 Å². The third kappa shape index (κ3) is 6.48. The average Bonchev–Trinajstić information content (AvgIpc) is 3.10. The minimum atomic E-state index is -0.457. The van der Waals surface area contributed by atoms with Crippen molar-refractivity contribution in [3.8, 4) is 10.4 Å². The molecule has 1 aromatic heterocycles. The first kappa shape index (κ1) is 23.1. The lowest BCUT2D eigenvalue weighted by atomic mass is 9.86. The first-order valence-corrected chi connectivity index (χ1v) is 12.5. The second-order valence-electron chi connectivity index (χ2n) is 9.42. The maximum atomic E-state index is 12.0. The van der Waals surface area contributed by atoms with Gasteiger partial charge in [-0.05, 0) is 65.0 Å². The molecule has 4 nitrogen and oxygen atoms in total. The molecule has 6 heteroatoms. The normalized spacial score (nSPS) is 19.7. The molecule has 0 saturated heterocycles. The van der Waals surface area contributed by atoms with Crippen LogP contribution in [0.3, 0.4) is 0 Å². The number of aromatic nitrogens is 1. The van der Waals surface area contributed by atoms with Crippen molar-refractivity contribution in [3.63, 3.8) is 0 Å². The van der Waals surface area contributed by atoms with E-state index in [9.17, 15) is 4.79 Å². The molecule has 1 amide bonds. The van der Waals surface area contributed by atoms with E-state index < -0.39 is 5.60 Å². The Morgan fingerprint density at radius 1 is 1.23 bits per heavy atom. The van der Waals surface area contributed by atoms with Crippen LogP contribution in [0.25, 0.3) is 10.4 Å². The molecule has 0 unspecified atom stereocenters. The smallest absolute Gasteiger partial charge is 0.407 e. The molecule has 1 fully saturated rings. The summed E-state index contributed by atoms with van der Waals surface area (Å²) in [7, 11) is 0. The molecule has 1 heterocycles. The summed E-state index contributed by atoms with van der Waals surface area (Å²) in [4.78, 5) is 19.4. The van der Waals surface area contributed by atoms with Gasteiger partial charge in [-0.1, -0.05) is 26.0 Å². The van der Waals surface area contributed by atoms with Crippen LogP contribution < -0.4 is 5.32 Å². The highest BCUT2D eigenvalue weighted by Crippen LogP contribution is 2.41. The fraction of sp³-hybridized carbons (Fsp3) is 0.583. The number of alkyl carbamates (subject to hydrolysis) is 1. The van der Waals surface area contributed by atoms with Gasteiger partial charge < -0.3 is 10.1 Å². The highest BCUT2D eigenvalue weighted by atomic mass is 32.2. The van der Waals surface area contributed by atoms with E-state index in [1.54, 1.807) is 0 Å². The molecule has 2 aromatic rings. The predicted octanol–water partition coefficient (Wildman–Crippen LogP) is 7.17. The number of carbonyl (C=O) groups excluding carboxylic acids is 1. The summed E-state index contributed by atoms with van der Waals surface area (Å²) >= 11 is 3.74. The molecule has 1 N–H and O–H groups in total. The number of rotatable bonds is 5. The number of benzene rings is 1. The molecular formula is C24H34N2O2S2. The van der Waals surface area contributed by atoms with Crippen LogP contribution in [0, 0.1) is 6.92 Å². The van der Waals surface area contributed by atoms with Gasteiger partial charge in [0.25, 0.3) is 0 Å². The van der Waals surface area contributed by atoms with E-state index in [4.69, 9.17) is 9.72 Å². The molecular weight excluding hydrogens is 412 g/mol. The van der Waals surface area contributed by atoms with E-state index in [2.05, 4.69) is 44.3 Å². The van der Waals surface area contributed by atoms with E-state index in [0.717, 1.165) is 25.7 Å². The zero-order valence-electron chi connectivity index (χ0n) is 19.0. The van der Waals surface area contributed by atoms with Crippen LogP contribution in [0.2, 0.25) is 0 Å². The summed E-state index contributed by atoms with van der Waals surface area (Å²) in [5.74, 6) is 0.479. The molecule has 30 heavy (non-hydrogen) atoms. The number of ether oxygens (including phenoxy) is 1. The molecule has 3 rings (SSSR count). The number of nitrogens with one attached hydrogen (secondary N) is 1. The van der Waals surface area contributed by atoms with Crippen molar-refractivity contribution in [1.82, 2.24) is 10.3 Å². The number of thiazole rings is 1. The minimum absolute atomic E-state index is 0.196. The Balaban J connectivity index is 1.62. The molecule has 164 valence electrons. The zero-order valence-corrected chi connectivity index (χ0v) is 20.6. The van der Waals surface area contributed by atoms with Crippen LogP contribution >= 0.6 is 23.1 Å². The third-order valence-electron chi connectivity index (χ3n) is 5.09. The van der Waals surface area contributed by atoms with Crippen LogP contribution in [0.5, 0.6) is 0 Å². The van der Waals surface area contributed by atoms with E-state index in [0.29, 0.717) is 11.2 Å². The zero-order chi connectivity index (χ0) is 21.9. The van der Waals surface area contributed by atoms with E-state index in [1.165, 1.54) is 25.9 Å². The van der Waals surface area contributed by atoms with Crippen LogP contribution in [0.15, 0.2) is 29.3 Å². The molecule has 0 bridgehead atoms. The van der Waals surface area contributed by atoms with Gasteiger partial charge in [0, 0.05) is 33.9 Å². The maximum absolute atomic E-state index is 12.0. The summed E-state index contributed by atoms with van der Waals surface area (Å²) in [6.07, 6.45) is 5.77. The number of nitrogens with zero attached hydrogens (tertiary/aromatic N) is 1. The predicted molar refractivity (Wildman–Crippen MR) is 128 cm³/mol. The summed E-state index contributed by atoms with van der Waals surface area (Å²) in [6.45, 7) is 12.3. The Labute approximate surface area is 189 Å². The molecule has 1 aliphatic rings. The van der Waals surface area contributed by atoms with Gasteiger partial charge in [-0.25, -0.2) is 9.78 Å². The maximum Gasteiger partial charge on any atom is 0.407 e. The standard InChI is InChI=1S/C24H34N2O2S2/c1-15(2)29-20-13-16(3)7-12-19(20)21-14-25-22(30-21)17-8-10-18(11-9-17)26-23(27)28-24(4,5)6/h7,12-15,17-18H,8-11H2,1-6H3,(H,26,27). The summed E-state index contributed by atoms with van der Waals surface area (Å²) in [6, 6.07) is 6.90. The Hall–Kier alpha value is -1.53. The Kier molecular flexibility index (Phi) is 7.51. The van der Waals surface area contributed by atoms with Crippen LogP contribution in [-0.2, 0) is 4.74 Å². The van der Waals surface area contributed by atoms with Crippen molar-refractivity contribution in [2.24, 2.45) is 0 Å². The van der Waals surface area contributed by atoms with Crippen LogP contribution in [-0.4, -0.2) is 28.0 Å². The highest BCUT2D eigenvalue weighted by Gasteiger charge is 2.27. The molecule has 0 spiro atoms. The van der Waals surface area contributed by atoms with Gasteiger partial charge in [0.1, 0.15) is 5.60 Å². The number of hydrogen-bond acceptors (Lipinski definition) is 5. The number of thioether (sulfide) groups is 1. The molecule has 1 saturated carbocycles. The highest BCUT2D eigenvalue weighted by molar-refractivity contribution is 8.00. The van der Waals surface area contributed by atoms with Crippen LogP contribution in [0.4, 0.5) is 4.79 Å². The lowest BCUT2D eigenvalue weighted by Crippen LogP contribution is -2.40. The number of hydrogen-bond donors (Lipinski definition) is 1. The summed E-state index contributed by atoms with van der Waals surface area (Å²) in [5.41, 5.74) is 2.13. The first-order chi connectivity index (χ1) is 14.1. The van der Waals surface area contributed by atoms with Gasteiger partial charge in [-0.15, -0.1) is 23.1 Å². The van der Waals surface area contributed by atoms with Gasteiger partial charge in [-0.3, -0.25) is 0 Å². The fourth-order valence-corrected chi connectivity index (χ4v) is 6.00. The first-order valence-electron chi connectivity index (χ1n) is 10.8. The molecule has 0 atom stereocenters. The number of carbonyl (C=O) groups is 1. The summed E-state index contributed by atoms with van der Waals surface area (Å²) < 4.78 is 5.39. The largest absolute Gasteiger partial charge is 0.444 e. The number of amides is 1. The minimum Gasteiger partial charge on any atom is -0.444 e. The lowest BCUT2D eigenvalue weighted by Gasteiger charge is -2.29. The SMILES string of the molecule is Cc1ccc(-c2cnc(C3CCC(NC(=O)OC(C)(C)C)CC3)s2)c(SC(C)C)c1. The van der Waals surface area contributed by atoms with Gasteiger partial charge in [0.05, 0.1) is 9.88 Å². The quantitative estimate of drug-likeness (QED) is 0.495. The van der Waals surface area contributed by atoms with E-state index >= 15 is 0 Å². The van der Waals surface area contributed by atoms with E-state index in [1.807, 2.05) is 50.1 Å². The van der Waals surface area contributed by atoms with Crippen molar-refractivity contribution in [3.05, 3.63) is 35.0 Å². The summed E-state index contributed by atoms with van der Waals surface area (Å²) in [5, 5.41) is 4.80. The molecule has 0 radical (unpaired) electrons. The Morgan fingerprint density at radius 2 is 1.93 bits per heavy atom. The van der Waals surface area contributed by atoms with Gasteiger partial charge in [-0.2, -0.15) is 0 Å². The van der Waals surface area contributed by atoms with Gasteiger partial charge >= 0.3 is 6.09 Å². The third-order valence-corrected chi connectivity index (χ3v) is 7.34. The van der Waals surface area contributed by atoms with Gasteiger partial charge in [0.15, 0.2) is 0 Å². The van der Waals surface area contributed by atoms with E-state index in [-0.39, 0.29) is 12.1 Å². The van der Waals surface area contributed by atoms with Crippen molar-refractivity contribution in [1.29, 1.82) is 0 Å². The second kappa shape index (κ2) is 9.73. The average molecular weight is 447 g/mol. The van der Waals surface area contributed by atoms with Crippen molar-refractivity contribution in [2.75, 3.05) is 0 Å².